The number of benzene rings is 1. The van der Waals surface area contributed by atoms with Crippen molar-refractivity contribution in [3.8, 4) is 0 Å². The molecule has 2 rings (SSSR count). The predicted molar refractivity (Wildman–Crippen MR) is 75.4 cm³/mol. The van der Waals surface area contributed by atoms with Crippen LogP contribution in [0.15, 0.2) is 22.7 Å². The molecule has 98 valence electrons. The second kappa shape index (κ2) is 5.28. The van der Waals surface area contributed by atoms with Gasteiger partial charge in [0.1, 0.15) is 0 Å². The van der Waals surface area contributed by atoms with Crippen LogP contribution in [0.3, 0.4) is 0 Å². The summed E-state index contributed by atoms with van der Waals surface area (Å²) in [5.41, 5.74) is 6.80. The predicted octanol–water partition coefficient (Wildman–Crippen LogP) is 2.93. The molecular weight excluding hydrogens is 296 g/mol. The number of anilines is 2. The molecule has 0 heterocycles. The van der Waals surface area contributed by atoms with Gasteiger partial charge in [0, 0.05) is 17.3 Å². The minimum Gasteiger partial charge on any atom is -0.399 e. The highest BCUT2D eigenvalue weighted by molar-refractivity contribution is 9.10. The fraction of sp³-hybridized carbons (Fsp3) is 0.462. The summed E-state index contributed by atoms with van der Waals surface area (Å²) in [5, 5.41) is 2.87. The molecule has 1 aromatic rings. The second-order valence-electron chi connectivity index (χ2n) is 4.70. The van der Waals surface area contributed by atoms with Gasteiger partial charge in [-0.15, -0.1) is 0 Å². The van der Waals surface area contributed by atoms with E-state index in [1.165, 1.54) is 0 Å². The van der Waals surface area contributed by atoms with E-state index in [1.807, 2.05) is 0 Å². The quantitative estimate of drug-likeness (QED) is 0.840. The highest BCUT2D eigenvalue weighted by Crippen LogP contribution is 2.38. The van der Waals surface area contributed by atoms with Gasteiger partial charge in [-0.2, -0.15) is 0 Å². The van der Waals surface area contributed by atoms with Crippen LogP contribution >= 0.6 is 15.9 Å². The first-order valence-corrected chi connectivity index (χ1v) is 6.74. The number of carbonyl (C=O) groups is 1. The molecule has 1 aromatic carbocycles. The Labute approximate surface area is 115 Å². The number of rotatable bonds is 4. The van der Waals surface area contributed by atoms with Crippen LogP contribution in [-0.4, -0.2) is 18.6 Å². The summed E-state index contributed by atoms with van der Waals surface area (Å²) < 4.78 is 6.23. The van der Waals surface area contributed by atoms with Crippen molar-refractivity contribution >= 4 is 33.2 Å². The molecular formula is C13H17BrN2O2. The lowest BCUT2D eigenvalue weighted by Crippen LogP contribution is -2.42. The minimum absolute atomic E-state index is 0.0259. The van der Waals surface area contributed by atoms with E-state index in [4.69, 9.17) is 10.5 Å². The van der Waals surface area contributed by atoms with E-state index in [-0.39, 0.29) is 11.5 Å². The van der Waals surface area contributed by atoms with Crippen molar-refractivity contribution in [2.75, 3.05) is 18.2 Å². The maximum Gasteiger partial charge on any atom is 0.227 e. The maximum absolute atomic E-state index is 12.0. The summed E-state index contributed by atoms with van der Waals surface area (Å²) in [5.74, 6) is -0.0259. The van der Waals surface area contributed by atoms with E-state index in [0.29, 0.717) is 12.1 Å². The molecule has 0 spiro atoms. The molecule has 0 unspecified atom stereocenters. The third-order valence-corrected chi connectivity index (χ3v) is 4.10. The SMILES string of the molecule is COC1(CC(=O)Nc2ccc(N)cc2Br)CCC1. The summed E-state index contributed by atoms with van der Waals surface area (Å²) in [6.45, 7) is 0. The molecule has 1 aliphatic carbocycles. The van der Waals surface area contributed by atoms with Crippen molar-refractivity contribution in [3.05, 3.63) is 22.7 Å². The lowest BCUT2D eigenvalue weighted by atomic mass is 9.77. The number of hydrogen-bond donors (Lipinski definition) is 2. The first-order chi connectivity index (χ1) is 8.54. The maximum atomic E-state index is 12.0. The van der Waals surface area contributed by atoms with E-state index in [0.717, 1.165) is 29.4 Å². The van der Waals surface area contributed by atoms with E-state index >= 15 is 0 Å². The Morgan fingerprint density at radius 3 is 2.78 bits per heavy atom. The van der Waals surface area contributed by atoms with E-state index in [9.17, 15) is 4.79 Å². The first-order valence-electron chi connectivity index (χ1n) is 5.95. The van der Waals surface area contributed by atoms with Crippen LogP contribution in [0.1, 0.15) is 25.7 Å². The summed E-state index contributed by atoms with van der Waals surface area (Å²) in [6.07, 6.45) is 3.45. The smallest absolute Gasteiger partial charge is 0.227 e. The lowest BCUT2D eigenvalue weighted by molar-refractivity contribution is -0.129. The molecule has 0 aliphatic heterocycles. The monoisotopic (exact) mass is 312 g/mol. The number of nitrogens with two attached hydrogens (primary N) is 1. The normalized spacial score (nSPS) is 17.0. The Morgan fingerprint density at radius 1 is 1.56 bits per heavy atom. The zero-order valence-corrected chi connectivity index (χ0v) is 11.9. The fourth-order valence-corrected chi connectivity index (χ4v) is 2.64. The van der Waals surface area contributed by atoms with Crippen LogP contribution < -0.4 is 11.1 Å². The molecule has 3 N–H and O–H groups in total. The summed E-state index contributed by atoms with van der Waals surface area (Å²) >= 11 is 3.38. The van der Waals surface area contributed by atoms with Crippen molar-refractivity contribution in [1.29, 1.82) is 0 Å². The summed E-state index contributed by atoms with van der Waals surface area (Å²) in [4.78, 5) is 12.0. The molecule has 1 saturated carbocycles. The molecule has 1 fully saturated rings. The van der Waals surface area contributed by atoms with Gasteiger partial charge < -0.3 is 15.8 Å². The van der Waals surface area contributed by atoms with Crippen molar-refractivity contribution in [1.82, 2.24) is 0 Å². The van der Waals surface area contributed by atoms with E-state index in [2.05, 4.69) is 21.2 Å². The fourth-order valence-electron chi connectivity index (χ4n) is 2.14. The zero-order valence-electron chi connectivity index (χ0n) is 10.3. The van der Waals surface area contributed by atoms with Crippen molar-refractivity contribution < 1.29 is 9.53 Å². The van der Waals surface area contributed by atoms with Crippen LogP contribution in [0.25, 0.3) is 0 Å². The lowest BCUT2D eigenvalue weighted by Gasteiger charge is -2.39. The highest BCUT2D eigenvalue weighted by Gasteiger charge is 2.39. The molecule has 0 aromatic heterocycles. The highest BCUT2D eigenvalue weighted by atomic mass is 79.9. The second-order valence-corrected chi connectivity index (χ2v) is 5.56. The average molecular weight is 313 g/mol. The van der Waals surface area contributed by atoms with Crippen LogP contribution in [-0.2, 0) is 9.53 Å². The van der Waals surface area contributed by atoms with Gasteiger partial charge in [0.25, 0.3) is 0 Å². The van der Waals surface area contributed by atoms with Crippen LogP contribution in [0.4, 0.5) is 11.4 Å². The standard InChI is InChI=1S/C13H17BrN2O2/c1-18-13(5-2-6-13)8-12(17)16-11-4-3-9(15)7-10(11)14/h3-4,7H,2,5-6,8,15H2,1H3,(H,16,17). The number of nitrogens with one attached hydrogen (secondary N) is 1. The summed E-state index contributed by atoms with van der Waals surface area (Å²) in [7, 11) is 1.67. The molecule has 1 aliphatic rings. The van der Waals surface area contributed by atoms with Crippen LogP contribution in [0.2, 0.25) is 0 Å². The minimum atomic E-state index is -0.246. The molecule has 1 amide bonds. The number of carbonyl (C=O) groups excluding carboxylic acids is 1. The Morgan fingerprint density at radius 2 is 2.28 bits per heavy atom. The number of halogens is 1. The van der Waals surface area contributed by atoms with Gasteiger partial charge in [0.2, 0.25) is 5.91 Å². The molecule has 18 heavy (non-hydrogen) atoms. The first kappa shape index (κ1) is 13.4. The van der Waals surface area contributed by atoms with Crippen LogP contribution in [0.5, 0.6) is 0 Å². The third-order valence-electron chi connectivity index (χ3n) is 3.45. The Hall–Kier alpha value is -1.07. The van der Waals surface area contributed by atoms with E-state index in [1.54, 1.807) is 25.3 Å². The molecule has 0 saturated heterocycles. The van der Waals surface area contributed by atoms with Gasteiger partial charge in [-0.1, -0.05) is 0 Å². The van der Waals surface area contributed by atoms with Crippen molar-refractivity contribution in [2.45, 2.75) is 31.3 Å². The largest absolute Gasteiger partial charge is 0.399 e. The van der Waals surface area contributed by atoms with Gasteiger partial charge in [-0.05, 0) is 53.4 Å². The average Bonchev–Trinajstić information content (AvgIpc) is 2.27. The van der Waals surface area contributed by atoms with Crippen molar-refractivity contribution in [2.24, 2.45) is 0 Å². The number of methoxy groups -OCH3 is 1. The van der Waals surface area contributed by atoms with Gasteiger partial charge >= 0.3 is 0 Å². The molecule has 5 heteroatoms. The summed E-state index contributed by atoms with van der Waals surface area (Å²) in [6, 6.07) is 5.32. The van der Waals surface area contributed by atoms with Gasteiger partial charge in [0.15, 0.2) is 0 Å². The Kier molecular flexibility index (Phi) is 3.92. The van der Waals surface area contributed by atoms with Crippen LogP contribution in [0, 0.1) is 0 Å². The molecule has 0 bridgehead atoms. The number of amides is 1. The number of ether oxygens (including phenoxy) is 1. The van der Waals surface area contributed by atoms with Gasteiger partial charge in [0.05, 0.1) is 17.7 Å². The van der Waals surface area contributed by atoms with E-state index < -0.39 is 0 Å². The molecule has 4 nitrogen and oxygen atoms in total. The zero-order chi connectivity index (χ0) is 13.2. The molecule has 0 radical (unpaired) electrons. The Balaban J connectivity index is 1.98. The van der Waals surface area contributed by atoms with Crippen molar-refractivity contribution in [3.63, 3.8) is 0 Å². The number of hydrogen-bond acceptors (Lipinski definition) is 3. The molecule has 0 atom stereocenters. The Bertz CT molecular complexity index is 453. The topological polar surface area (TPSA) is 64.3 Å². The third kappa shape index (κ3) is 2.84. The van der Waals surface area contributed by atoms with Gasteiger partial charge in [-0.3, -0.25) is 4.79 Å². The number of nitrogen functional groups attached to an aromatic ring is 1. The van der Waals surface area contributed by atoms with Gasteiger partial charge in [-0.25, -0.2) is 0 Å².